The summed E-state index contributed by atoms with van der Waals surface area (Å²) in [6.45, 7) is 0. The van der Waals surface area contributed by atoms with E-state index in [1.807, 2.05) is 0 Å². The quantitative estimate of drug-likeness (QED) is 0.841. The molecule has 88 valence electrons. The molecule has 2 rings (SSSR count). The van der Waals surface area contributed by atoms with E-state index in [9.17, 15) is 8.42 Å². The highest BCUT2D eigenvalue weighted by Gasteiger charge is 2.15. The van der Waals surface area contributed by atoms with Crippen molar-refractivity contribution >= 4 is 21.5 Å². The molecule has 0 unspecified atom stereocenters. The lowest BCUT2D eigenvalue weighted by atomic mass is 10.4. The predicted molar refractivity (Wildman–Crippen MR) is 63.7 cm³/mol. The van der Waals surface area contributed by atoms with Gasteiger partial charge in [-0.05, 0) is 24.3 Å². The fraction of sp³-hybridized carbons (Fsp3) is 0. The fourth-order valence-corrected chi connectivity index (χ4v) is 2.20. The molecule has 6 nitrogen and oxygen atoms in total. The molecule has 0 aliphatic heterocycles. The zero-order valence-electron chi connectivity index (χ0n) is 8.74. The highest BCUT2D eigenvalue weighted by atomic mass is 32.2. The molecule has 0 fully saturated rings. The normalized spacial score (nSPS) is 11.1. The number of aromatic nitrogens is 2. The molecule has 0 aliphatic rings. The van der Waals surface area contributed by atoms with Crippen molar-refractivity contribution in [2.24, 2.45) is 0 Å². The smallest absolute Gasteiger partial charge is 0.264 e. The lowest BCUT2D eigenvalue weighted by molar-refractivity contribution is 0.600. The number of nitrogen functional groups attached to an aromatic ring is 1. The standard InChI is InChI=1S/C10H10N4O2S/c11-9-4-2-6-13-10(9)14-17(15,16)8-3-1-5-12-7-8/h1-7H,11H2,(H,13,14). The highest BCUT2D eigenvalue weighted by molar-refractivity contribution is 7.92. The Morgan fingerprint density at radius 3 is 2.59 bits per heavy atom. The zero-order valence-corrected chi connectivity index (χ0v) is 9.55. The second-order valence-electron chi connectivity index (χ2n) is 3.24. The first-order valence-electron chi connectivity index (χ1n) is 4.73. The van der Waals surface area contributed by atoms with Gasteiger partial charge in [0.2, 0.25) is 0 Å². The number of nitrogens with two attached hydrogens (primary N) is 1. The lowest BCUT2D eigenvalue weighted by Gasteiger charge is -2.08. The van der Waals surface area contributed by atoms with E-state index >= 15 is 0 Å². The minimum atomic E-state index is -3.69. The molecule has 7 heteroatoms. The van der Waals surface area contributed by atoms with Gasteiger partial charge >= 0.3 is 0 Å². The predicted octanol–water partition coefficient (Wildman–Crippen LogP) is 0.860. The van der Waals surface area contributed by atoms with Crippen LogP contribution in [-0.2, 0) is 10.0 Å². The molecule has 3 N–H and O–H groups in total. The maximum atomic E-state index is 11.9. The number of rotatable bonds is 3. The first-order chi connectivity index (χ1) is 8.09. The van der Waals surface area contributed by atoms with Crippen molar-refractivity contribution in [3.8, 4) is 0 Å². The van der Waals surface area contributed by atoms with Crippen LogP contribution in [0.4, 0.5) is 11.5 Å². The van der Waals surface area contributed by atoms with Crippen LogP contribution in [-0.4, -0.2) is 18.4 Å². The van der Waals surface area contributed by atoms with Gasteiger partial charge in [0.05, 0.1) is 5.69 Å². The summed E-state index contributed by atoms with van der Waals surface area (Å²) >= 11 is 0. The maximum absolute atomic E-state index is 11.9. The van der Waals surface area contributed by atoms with Gasteiger partial charge in [-0.15, -0.1) is 0 Å². The van der Waals surface area contributed by atoms with Gasteiger partial charge in [0.15, 0.2) is 5.82 Å². The zero-order chi connectivity index (χ0) is 12.3. The van der Waals surface area contributed by atoms with Gasteiger partial charge in [-0.2, -0.15) is 0 Å². The van der Waals surface area contributed by atoms with E-state index < -0.39 is 10.0 Å². The maximum Gasteiger partial charge on any atom is 0.264 e. The SMILES string of the molecule is Nc1cccnc1NS(=O)(=O)c1cccnc1. The number of pyridine rings is 2. The van der Waals surface area contributed by atoms with Crippen molar-refractivity contribution in [2.75, 3.05) is 10.5 Å². The van der Waals surface area contributed by atoms with Crippen LogP contribution in [0.5, 0.6) is 0 Å². The van der Waals surface area contributed by atoms with Gasteiger partial charge < -0.3 is 5.73 Å². The number of hydrogen-bond acceptors (Lipinski definition) is 5. The van der Waals surface area contributed by atoms with E-state index in [1.54, 1.807) is 12.1 Å². The summed E-state index contributed by atoms with van der Waals surface area (Å²) in [5.41, 5.74) is 5.86. The van der Waals surface area contributed by atoms with Gasteiger partial charge in [0.1, 0.15) is 4.90 Å². The first kappa shape index (κ1) is 11.3. The van der Waals surface area contributed by atoms with Crippen LogP contribution >= 0.6 is 0 Å². The van der Waals surface area contributed by atoms with Crippen molar-refractivity contribution in [3.63, 3.8) is 0 Å². The van der Waals surface area contributed by atoms with Gasteiger partial charge in [0.25, 0.3) is 10.0 Å². The van der Waals surface area contributed by atoms with E-state index in [-0.39, 0.29) is 16.4 Å². The first-order valence-corrected chi connectivity index (χ1v) is 6.21. The Morgan fingerprint density at radius 1 is 1.18 bits per heavy atom. The van der Waals surface area contributed by atoms with E-state index in [2.05, 4.69) is 14.7 Å². The van der Waals surface area contributed by atoms with Gasteiger partial charge in [-0.25, -0.2) is 13.4 Å². The Balaban J connectivity index is 2.34. The molecule has 0 amide bonds. The molecule has 0 bridgehead atoms. The molecule has 17 heavy (non-hydrogen) atoms. The van der Waals surface area contributed by atoms with E-state index in [0.29, 0.717) is 0 Å². The molecular weight excluding hydrogens is 240 g/mol. The minimum Gasteiger partial charge on any atom is -0.396 e. The van der Waals surface area contributed by atoms with E-state index in [1.165, 1.54) is 30.7 Å². The van der Waals surface area contributed by atoms with Gasteiger partial charge in [0, 0.05) is 18.6 Å². The van der Waals surface area contributed by atoms with Crippen LogP contribution in [0.25, 0.3) is 0 Å². The van der Waals surface area contributed by atoms with Crippen molar-refractivity contribution in [3.05, 3.63) is 42.9 Å². The number of nitrogens with one attached hydrogen (secondary N) is 1. The Kier molecular flexibility index (Phi) is 2.92. The van der Waals surface area contributed by atoms with Crippen LogP contribution in [0.2, 0.25) is 0 Å². The Labute approximate surface area is 98.6 Å². The number of anilines is 2. The largest absolute Gasteiger partial charge is 0.396 e. The van der Waals surface area contributed by atoms with Crippen molar-refractivity contribution in [2.45, 2.75) is 4.90 Å². The van der Waals surface area contributed by atoms with E-state index in [4.69, 9.17) is 5.73 Å². The molecule has 0 spiro atoms. The van der Waals surface area contributed by atoms with E-state index in [0.717, 1.165) is 0 Å². The molecule has 0 radical (unpaired) electrons. The van der Waals surface area contributed by atoms with Crippen LogP contribution in [0.1, 0.15) is 0 Å². The second kappa shape index (κ2) is 4.38. The minimum absolute atomic E-state index is 0.0602. The van der Waals surface area contributed by atoms with Gasteiger partial charge in [-0.3, -0.25) is 9.71 Å². The molecule has 2 aromatic rings. The Morgan fingerprint density at radius 2 is 1.94 bits per heavy atom. The topological polar surface area (TPSA) is 98.0 Å². The molecular formula is C10H10N4O2S. The third kappa shape index (κ3) is 2.51. The van der Waals surface area contributed by atoms with Crippen LogP contribution < -0.4 is 10.5 Å². The van der Waals surface area contributed by atoms with Crippen molar-refractivity contribution in [1.82, 2.24) is 9.97 Å². The molecule has 0 saturated heterocycles. The van der Waals surface area contributed by atoms with Crippen LogP contribution in [0.15, 0.2) is 47.8 Å². The molecule has 0 aliphatic carbocycles. The third-order valence-electron chi connectivity index (χ3n) is 2.01. The Hall–Kier alpha value is -2.15. The summed E-state index contributed by atoms with van der Waals surface area (Å²) in [6, 6.07) is 6.16. The van der Waals surface area contributed by atoms with Crippen LogP contribution in [0, 0.1) is 0 Å². The van der Waals surface area contributed by atoms with Crippen LogP contribution in [0.3, 0.4) is 0 Å². The average Bonchev–Trinajstić information content (AvgIpc) is 2.33. The molecule has 2 heterocycles. The highest BCUT2D eigenvalue weighted by Crippen LogP contribution is 2.18. The number of sulfonamides is 1. The van der Waals surface area contributed by atoms with Crippen molar-refractivity contribution in [1.29, 1.82) is 0 Å². The Bertz CT molecular complexity index is 613. The monoisotopic (exact) mass is 250 g/mol. The van der Waals surface area contributed by atoms with Crippen molar-refractivity contribution < 1.29 is 8.42 Å². The summed E-state index contributed by atoms with van der Waals surface area (Å²) in [4.78, 5) is 7.66. The molecule has 0 atom stereocenters. The number of hydrogen-bond donors (Lipinski definition) is 2. The summed E-state index contributed by atoms with van der Waals surface area (Å²) in [5.74, 6) is 0.108. The summed E-state index contributed by atoms with van der Waals surface area (Å²) < 4.78 is 26.1. The number of nitrogens with zero attached hydrogens (tertiary/aromatic N) is 2. The molecule has 0 aromatic carbocycles. The summed E-state index contributed by atoms with van der Waals surface area (Å²) in [7, 11) is -3.69. The molecule has 0 saturated carbocycles. The summed E-state index contributed by atoms with van der Waals surface area (Å²) in [6.07, 6.45) is 4.20. The fourth-order valence-electron chi connectivity index (χ4n) is 1.20. The third-order valence-corrected chi connectivity index (χ3v) is 3.34. The van der Waals surface area contributed by atoms with Gasteiger partial charge in [-0.1, -0.05) is 0 Å². The molecule has 2 aromatic heterocycles. The summed E-state index contributed by atoms with van der Waals surface area (Å²) in [5, 5.41) is 0. The lowest BCUT2D eigenvalue weighted by Crippen LogP contribution is -2.15. The average molecular weight is 250 g/mol. The second-order valence-corrected chi connectivity index (χ2v) is 4.92.